The van der Waals surface area contributed by atoms with Gasteiger partial charge in [-0.3, -0.25) is 76.7 Å². The summed E-state index contributed by atoms with van der Waals surface area (Å²) in [6.45, 7) is 7.04. The summed E-state index contributed by atoms with van der Waals surface area (Å²) in [5.74, 6) is -18.6. The van der Waals surface area contributed by atoms with Crippen LogP contribution in [0.5, 0.6) is 0 Å². The van der Waals surface area contributed by atoms with Gasteiger partial charge in [-0.25, -0.2) is 14.8 Å². The molecular formula is C64H100N20O22. The number of carbonyl (C=O) groups excluding carboxylic acids is 15. The van der Waals surface area contributed by atoms with E-state index in [4.69, 9.17) is 16.6 Å². The summed E-state index contributed by atoms with van der Waals surface area (Å²) in [4.78, 5) is 242. The molecule has 14 atom stereocenters. The Morgan fingerprint density at radius 2 is 0.925 bits per heavy atom. The number of imidazole rings is 2. The number of aliphatic hydroxyl groups is 3. The second kappa shape index (κ2) is 42.9. The standard InChI is InChI=1S/C64H100N20O22/c1-8-32(6)51(66)60(101)71-24-47(89)74-36(15-30(2)3)55(96)77-38(18-35-22-68-29-73-35)56(97)79-41(20-50(92)93)63(104)84-14-10-12-45(84)59(100)81-42(26-85)57(98)76-37(17-34-21-67-28-72-34)53(94)70-25-49(91)82-52(33(7)87)61(102)80-40(16-31(4)5)62(103)83-13-9-11-44(83)58(99)78-39(19-46(65)88)54(95)69-23-48(90)75-43(27-86)64(105)106/h21-22,28-33,36-45,51-52,85-87H,8-20,23-27,66H2,1-7H3,(H2,65,88)(H,67,72)(H,68,73)(H,69,95)(H,70,94)(H,71,101)(H,74,89)(H,75,90)(H,76,98)(H,77,96)(H,78,99)(H,79,97)(H,80,102)(H,81,100)(H,82,91)(H,92,93)(H,105,106). The molecule has 0 spiro atoms. The molecule has 42 heteroatoms. The molecule has 4 heterocycles. The lowest BCUT2D eigenvalue weighted by atomic mass is 9.99. The highest BCUT2D eigenvalue weighted by Gasteiger charge is 2.43. The van der Waals surface area contributed by atoms with Crippen LogP contribution in [0, 0.1) is 17.8 Å². The van der Waals surface area contributed by atoms with Crippen molar-refractivity contribution in [1.82, 2.24) is 93.5 Å². The maximum atomic E-state index is 14.4. The van der Waals surface area contributed by atoms with E-state index in [0.29, 0.717) is 12.1 Å². The highest BCUT2D eigenvalue weighted by atomic mass is 16.4. The first-order chi connectivity index (χ1) is 50.0. The lowest BCUT2D eigenvalue weighted by Crippen LogP contribution is -2.61. The summed E-state index contributed by atoms with van der Waals surface area (Å²) in [7, 11) is 0. The summed E-state index contributed by atoms with van der Waals surface area (Å²) in [6.07, 6.45) is 1.91. The summed E-state index contributed by atoms with van der Waals surface area (Å²) >= 11 is 0. The first-order valence-corrected chi connectivity index (χ1v) is 34.5. The van der Waals surface area contributed by atoms with E-state index in [2.05, 4.69) is 78.4 Å². The molecule has 0 radical (unpaired) electrons. The molecule has 15 amide bonds. The zero-order valence-electron chi connectivity index (χ0n) is 59.9. The Hall–Kier alpha value is -10.7. The molecule has 0 aromatic carbocycles. The molecule has 2 fully saturated rings. The number of aliphatic carboxylic acids is 2. The third-order valence-corrected chi connectivity index (χ3v) is 17.2. The minimum Gasteiger partial charge on any atom is -0.481 e. The van der Waals surface area contributed by atoms with Crippen LogP contribution in [0.1, 0.15) is 118 Å². The predicted octanol–water partition coefficient (Wildman–Crippen LogP) is -9.12. The van der Waals surface area contributed by atoms with E-state index in [1.54, 1.807) is 34.6 Å². The molecule has 2 aliphatic heterocycles. The van der Waals surface area contributed by atoms with Gasteiger partial charge in [0.1, 0.15) is 66.5 Å². The van der Waals surface area contributed by atoms with Crippen molar-refractivity contribution >= 4 is 101 Å². The number of nitrogens with one attached hydrogen (secondary N) is 14. The number of aromatic nitrogens is 4. The molecule has 588 valence electrons. The summed E-state index contributed by atoms with van der Waals surface area (Å²) in [5, 5.41) is 77.8. The minimum absolute atomic E-state index is 0.0277. The van der Waals surface area contributed by atoms with E-state index in [1.165, 1.54) is 25.0 Å². The Bertz CT molecular complexity index is 3410. The van der Waals surface area contributed by atoms with Crippen molar-refractivity contribution in [1.29, 1.82) is 0 Å². The average Bonchev–Trinajstić information content (AvgIpc) is 1.60. The maximum Gasteiger partial charge on any atom is 0.328 e. The van der Waals surface area contributed by atoms with E-state index >= 15 is 0 Å². The van der Waals surface area contributed by atoms with Crippen LogP contribution >= 0.6 is 0 Å². The molecule has 0 aliphatic carbocycles. The van der Waals surface area contributed by atoms with Gasteiger partial charge in [0.15, 0.2) is 0 Å². The number of aromatic amines is 2. The third kappa shape index (κ3) is 28.0. The van der Waals surface area contributed by atoms with Crippen molar-refractivity contribution in [3.8, 4) is 0 Å². The van der Waals surface area contributed by atoms with Crippen molar-refractivity contribution in [2.24, 2.45) is 29.2 Å². The van der Waals surface area contributed by atoms with Gasteiger partial charge in [0.25, 0.3) is 0 Å². The minimum atomic E-state index is -1.89. The number of hydrogen-bond acceptors (Lipinski definition) is 23. The van der Waals surface area contributed by atoms with Crippen molar-refractivity contribution in [3.05, 3.63) is 36.4 Å². The predicted molar refractivity (Wildman–Crippen MR) is 366 cm³/mol. The van der Waals surface area contributed by atoms with Crippen molar-refractivity contribution in [2.75, 3.05) is 45.9 Å². The first-order valence-electron chi connectivity index (χ1n) is 34.5. The Morgan fingerprint density at radius 3 is 1.37 bits per heavy atom. The van der Waals surface area contributed by atoms with E-state index in [-0.39, 0.29) is 87.9 Å². The molecule has 2 aromatic rings. The Morgan fingerprint density at radius 1 is 0.509 bits per heavy atom. The second-order valence-electron chi connectivity index (χ2n) is 26.6. The fourth-order valence-corrected chi connectivity index (χ4v) is 11.3. The quantitative estimate of drug-likeness (QED) is 0.0293. The number of amides is 15. The molecular weight excluding hydrogens is 1400 g/mol. The van der Waals surface area contributed by atoms with Crippen LogP contribution in [0.25, 0.3) is 0 Å². The van der Waals surface area contributed by atoms with Crippen LogP contribution in [0.15, 0.2) is 25.0 Å². The molecule has 2 aliphatic rings. The average molecular weight is 1500 g/mol. The zero-order chi connectivity index (χ0) is 79.2. The molecule has 23 N–H and O–H groups in total. The van der Waals surface area contributed by atoms with Crippen LogP contribution in [0.2, 0.25) is 0 Å². The molecule has 2 aromatic heterocycles. The zero-order valence-corrected chi connectivity index (χ0v) is 59.9. The third-order valence-electron chi connectivity index (χ3n) is 17.2. The smallest absolute Gasteiger partial charge is 0.328 e. The van der Waals surface area contributed by atoms with Gasteiger partial charge >= 0.3 is 11.9 Å². The molecule has 4 rings (SSSR count). The molecule has 0 bridgehead atoms. The lowest BCUT2D eigenvalue weighted by molar-refractivity contribution is -0.146. The number of H-pyrrole nitrogens is 2. The highest BCUT2D eigenvalue weighted by Crippen LogP contribution is 2.23. The Labute approximate surface area is 608 Å². The first kappa shape index (κ1) is 87.7. The van der Waals surface area contributed by atoms with Crippen molar-refractivity contribution in [3.63, 3.8) is 0 Å². The number of likely N-dealkylation sites (tertiary alicyclic amines) is 2. The van der Waals surface area contributed by atoms with Crippen molar-refractivity contribution in [2.45, 2.75) is 198 Å². The number of rotatable bonds is 44. The fraction of sp³-hybridized carbons (Fsp3) is 0.641. The normalized spacial score (nSPS) is 17.5. The monoisotopic (exact) mass is 1500 g/mol. The van der Waals surface area contributed by atoms with E-state index < -0.39 is 225 Å². The maximum absolute atomic E-state index is 14.4. The SMILES string of the molecule is CCC(C)C(N)C(=O)NCC(=O)NC(CC(C)C)C(=O)NC(Cc1cnc[nH]1)C(=O)NC(CC(=O)O)C(=O)N1CCCC1C(=O)NC(CO)C(=O)NC(Cc1cnc[nH]1)C(=O)NCC(=O)NC(C(=O)NC(CC(C)C)C(=O)N1CCCC1C(=O)NC(CC(N)=O)C(=O)NCC(=O)NC(CO)C(=O)O)C(C)O. The van der Waals surface area contributed by atoms with Crippen LogP contribution in [0.4, 0.5) is 0 Å². The number of carboxylic acids is 2. The van der Waals surface area contributed by atoms with Gasteiger partial charge in [0.05, 0.1) is 70.5 Å². The fourth-order valence-electron chi connectivity index (χ4n) is 11.3. The van der Waals surface area contributed by atoms with Crippen molar-refractivity contribution < 1.29 is 107 Å². The van der Waals surface area contributed by atoms with Gasteiger partial charge in [0.2, 0.25) is 88.6 Å². The lowest BCUT2D eigenvalue weighted by Gasteiger charge is -2.31. The van der Waals surface area contributed by atoms with Gasteiger partial charge in [-0.1, -0.05) is 48.0 Å². The molecule has 0 saturated carbocycles. The Kier molecular flexibility index (Phi) is 35.5. The Balaban J connectivity index is 1.44. The van der Waals surface area contributed by atoms with E-state index in [0.717, 1.165) is 16.7 Å². The molecule has 14 unspecified atom stereocenters. The van der Waals surface area contributed by atoms with Crippen LogP contribution in [0.3, 0.4) is 0 Å². The van der Waals surface area contributed by atoms with E-state index in [9.17, 15) is 102 Å². The number of hydrogen-bond donors (Lipinski definition) is 21. The highest BCUT2D eigenvalue weighted by molar-refractivity contribution is 6.01. The summed E-state index contributed by atoms with van der Waals surface area (Å²) in [6, 6.07) is -18.5. The van der Waals surface area contributed by atoms with Crippen LogP contribution in [-0.4, -0.2) is 280 Å². The van der Waals surface area contributed by atoms with Crippen LogP contribution in [-0.2, 0) is 94.3 Å². The van der Waals surface area contributed by atoms with Gasteiger partial charge in [-0.15, -0.1) is 0 Å². The number of primary amides is 1. The topological polar surface area (TPSA) is 652 Å². The van der Waals surface area contributed by atoms with Crippen LogP contribution < -0.4 is 75.3 Å². The molecule has 106 heavy (non-hydrogen) atoms. The van der Waals surface area contributed by atoms with E-state index in [1.807, 2.05) is 12.2 Å². The molecule has 42 nitrogen and oxygen atoms in total. The summed E-state index contributed by atoms with van der Waals surface area (Å²) in [5.41, 5.74) is 11.9. The number of carboxylic acid groups (broad SMARTS) is 2. The second-order valence-corrected chi connectivity index (χ2v) is 26.6. The van der Waals surface area contributed by atoms with Gasteiger partial charge in [-0.2, -0.15) is 0 Å². The number of aliphatic hydroxyl groups excluding tert-OH is 3. The van der Waals surface area contributed by atoms with Gasteiger partial charge in [-0.05, 0) is 63.2 Å². The van der Waals surface area contributed by atoms with Gasteiger partial charge in [0, 0.05) is 49.7 Å². The number of carbonyl (C=O) groups is 17. The number of nitrogens with zero attached hydrogens (tertiary/aromatic N) is 4. The molecule has 2 saturated heterocycles. The van der Waals surface area contributed by atoms with Gasteiger partial charge < -0.3 is 121 Å². The largest absolute Gasteiger partial charge is 0.481 e. The number of nitrogens with two attached hydrogens (primary N) is 2. The summed E-state index contributed by atoms with van der Waals surface area (Å²) < 4.78 is 0.